The summed E-state index contributed by atoms with van der Waals surface area (Å²) in [5.74, 6) is 0. The van der Waals surface area contributed by atoms with Crippen molar-refractivity contribution in [2.75, 3.05) is 13.2 Å². The zero-order chi connectivity index (χ0) is 49.0. The molecule has 374 valence electrons. The van der Waals surface area contributed by atoms with E-state index in [9.17, 15) is 5.11 Å². The minimum absolute atomic E-state index is 0.0822. The molecule has 2 fully saturated rings. The minimum atomic E-state index is -1.40. The lowest BCUT2D eigenvalue weighted by molar-refractivity contribution is -0.323. The maximum atomic E-state index is 12.0. The Balaban J connectivity index is 1.02. The van der Waals surface area contributed by atoms with Gasteiger partial charge in [0.1, 0.15) is 48.8 Å². The first-order valence-electron chi connectivity index (χ1n) is 24.8. The molecule has 2 aliphatic rings. The summed E-state index contributed by atoms with van der Waals surface area (Å²) >= 11 is 0. The van der Waals surface area contributed by atoms with Crippen molar-refractivity contribution in [3.8, 4) is 0 Å². The van der Waals surface area contributed by atoms with E-state index in [0.717, 1.165) is 38.9 Å². The van der Waals surface area contributed by atoms with Crippen LogP contribution in [0.2, 0.25) is 0 Å². The van der Waals surface area contributed by atoms with Gasteiger partial charge in [-0.15, -0.1) is 0 Å². The van der Waals surface area contributed by atoms with Crippen molar-refractivity contribution in [2.24, 2.45) is 0 Å². The molecular weight excluding hydrogens is 909 g/mol. The Kier molecular flexibility index (Phi) is 19.3. The maximum absolute atomic E-state index is 12.0. The summed E-state index contributed by atoms with van der Waals surface area (Å²) in [4.78, 5) is 0. The molecule has 1 N–H and O–H groups in total. The molecule has 11 nitrogen and oxygen atoms in total. The van der Waals surface area contributed by atoms with Gasteiger partial charge in [0, 0.05) is 0 Å². The van der Waals surface area contributed by atoms with Crippen LogP contribution < -0.4 is 0 Å². The first-order chi connectivity index (χ1) is 35.6. The van der Waals surface area contributed by atoms with Gasteiger partial charge in [0.15, 0.2) is 12.6 Å². The van der Waals surface area contributed by atoms with Crippen LogP contribution in [0.5, 0.6) is 0 Å². The number of rotatable bonds is 26. The summed E-state index contributed by atoms with van der Waals surface area (Å²) in [7, 11) is 0. The van der Waals surface area contributed by atoms with Crippen LogP contribution in [0.4, 0.5) is 0 Å². The average Bonchev–Trinajstić information content (AvgIpc) is 3.79. The van der Waals surface area contributed by atoms with Crippen LogP contribution >= 0.6 is 0 Å². The van der Waals surface area contributed by atoms with E-state index in [1.807, 2.05) is 212 Å². The largest absolute Gasteiger partial charge is 0.374 e. The van der Waals surface area contributed by atoms with Crippen LogP contribution in [-0.2, 0) is 93.6 Å². The molecule has 2 aliphatic heterocycles. The molecule has 10 atom stereocenters. The number of benzene rings is 7. The van der Waals surface area contributed by atoms with Crippen LogP contribution in [0, 0.1) is 0 Å². The van der Waals surface area contributed by atoms with Gasteiger partial charge in [-0.05, 0) is 38.9 Å². The topological polar surface area (TPSA) is 113 Å². The van der Waals surface area contributed by atoms with Crippen molar-refractivity contribution >= 4 is 0 Å². The molecule has 9 rings (SSSR count). The van der Waals surface area contributed by atoms with Gasteiger partial charge in [-0.3, -0.25) is 0 Å². The first-order valence-corrected chi connectivity index (χ1v) is 24.8. The molecule has 72 heavy (non-hydrogen) atoms. The van der Waals surface area contributed by atoms with Gasteiger partial charge in [-0.2, -0.15) is 0 Å². The number of hydrogen-bond donors (Lipinski definition) is 1. The van der Waals surface area contributed by atoms with Gasteiger partial charge in [0.05, 0.1) is 59.5 Å². The maximum Gasteiger partial charge on any atom is 0.187 e. The molecule has 7 aromatic rings. The van der Waals surface area contributed by atoms with E-state index in [0.29, 0.717) is 13.2 Å². The minimum Gasteiger partial charge on any atom is -0.374 e. The van der Waals surface area contributed by atoms with Gasteiger partial charge < -0.3 is 52.5 Å². The summed E-state index contributed by atoms with van der Waals surface area (Å²) in [6.07, 6.45) is -8.56. The molecule has 7 aromatic carbocycles. The highest BCUT2D eigenvalue weighted by molar-refractivity contribution is 5.19. The van der Waals surface area contributed by atoms with Gasteiger partial charge in [0.2, 0.25) is 0 Å². The zero-order valence-corrected chi connectivity index (χ0v) is 40.4. The van der Waals surface area contributed by atoms with Crippen molar-refractivity contribution in [1.29, 1.82) is 0 Å². The molecule has 0 unspecified atom stereocenters. The summed E-state index contributed by atoms with van der Waals surface area (Å²) in [6, 6.07) is 69.7. The Hall–Kier alpha value is -5.90. The van der Waals surface area contributed by atoms with Gasteiger partial charge in [-0.25, -0.2) is 0 Å². The normalized spacial score (nSPS) is 23.4. The van der Waals surface area contributed by atoms with Crippen molar-refractivity contribution in [1.82, 2.24) is 0 Å². The number of aliphatic hydroxyl groups is 1. The van der Waals surface area contributed by atoms with E-state index < -0.39 is 61.4 Å². The van der Waals surface area contributed by atoms with E-state index >= 15 is 0 Å². The molecule has 2 heterocycles. The molecule has 0 aliphatic carbocycles. The summed E-state index contributed by atoms with van der Waals surface area (Å²) < 4.78 is 67.6. The highest BCUT2D eigenvalue weighted by Gasteiger charge is 2.53. The van der Waals surface area contributed by atoms with Crippen molar-refractivity contribution in [3.05, 3.63) is 251 Å². The van der Waals surface area contributed by atoms with Crippen LogP contribution in [0.3, 0.4) is 0 Å². The fourth-order valence-electron chi connectivity index (χ4n) is 8.95. The predicted molar refractivity (Wildman–Crippen MR) is 272 cm³/mol. The monoisotopic (exact) mass is 972 g/mol. The fourth-order valence-corrected chi connectivity index (χ4v) is 8.95. The molecular formula is C61H64O11. The number of hydrogen-bond acceptors (Lipinski definition) is 11. The van der Waals surface area contributed by atoms with Crippen molar-refractivity contribution in [3.63, 3.8) is 0 Å². The third-order valence-electron chi connectivity index (χ3n) is 12.7. The molecule has 0 radical (unpaired) electrons. The van der Waals surface area contributed by atoms with E-state index in [1.165, 1.54) is 0 Å². The van der Waals surface area contributed by atoms with E-state index in [4.69, 9.17) is 47.4 Å². The van der Waals surface area contributed by atoms with Gasteiger partial charge >= 0.3 is 0 Å². The zero-order valence-electron chi connectivity index (χ0n) is 40.4. The molecule has 11 heteroatoms. The van der Waals surface area contributed by atoms with Crippen LogP contribution in [-0.4, -0.2) is 79.7 Å². The van der Waals surface area contributed by atoms with Gasteiger partial charge in [0.25, 0.3) is 0 Å². The van der Waals surface area contributed by atoms with E-state index in [1.54, 1.807) is 0 Å². The third-order valence-corrected chi connectivity index (χ3v) is 12.7. The lowest BCUT2D eigenvalue weighted by Gasteiger charge is -2.44. The molecule has 0 spiro atoms. The molecule has 0 bridgehead atoms. The highest BCUT2D eigenvalue weighted by Crippen LogP contribution is 2.35. The average molecular weight is 973 g/mol. The molecule has 0 aromatic heterocycles. The van der Waals surface area contributed by atoms with Crippen LogP contribution in [0.15, 0.2) is 212 Å². The molecule has 2 saturated heterocycles. The Bertz CT molecular complexity index is 2550. The van der Waals surface area contributed by atoms with Crippen molar-refractivity contribution < 1.29 is 52.5 Å². The number of aliphatic hydroxyl groups excluding tert-OH is 1. The Labute approximate surface area is 423 Å². The summed E-state index contributed by atoms with van der Waals surface area (Å²) in [5, 5.41) is 12.0. The van der Waals surface area contributed by atoms with E-state index in [2.05, 4.69) is 0 Å². The lowest BCUT2D eigenvalue weighted by atomic mass is 9.98. The summed E-state index contributed by atoms with van der Waals surface area (Å²) in [5.41, 5.74) is 6.84. The SMILES string of the molecule is O[C@H]1O[C@H](CO[C@H]2O[C@@H]([C@@H](COCc3ccccc3)OCc3ccccc3)[C@H](OCc3ccccc3)[C@H]2OCc2ccccc2)[C@@H](OCc2ccccc2)[C@H](OCc2ccccc2)[C@@H]1OCc1ccccc1. The second-order valence-corrected chi connectivity index (χ2v) is 18.0. The van der Waals surface area contributed by atoms with Crippen LogP contribution in [0.25, 0.3) is 0 Å². The second kappa shape index (κ2) is 27.2. The van der Waals surface area contributed by atoms with Crippen molar-refractivity contribution in [2.45, 2.75) is 108 Å². The van der Waals surface area contributed by atoms with E-state index in [-0.39, 0.29) is 46.2 Å². The lowest BCUT2D eigenvalue weighted by Crippen LogP contribution is -2.61. The highest BCUT2D eigenvalue weighted by atomic mass is 16.7. The van der Waals surface area contributed by atoms with Crippen LogP contribution in [0.1, 0.15) is 38.9 Å². The summed E-state index contributed by atoms with van der Waals surface area (Å²) in [6.45, 7) is 2.00. The number of ether oxygens (including phenoxy) is 10. The molecule has 0 amide bonds. The standard InChI is InChI=1S/C61H64O11/c62-60-58(68-41-50-32-18-6-19-33-50)56(66-39-48-28-14-4-15-29-48)54(65-38-47-26-12-3-13-27-47)53(71-60)44-70-61-59(69-42-51-34-20-7-21-35-51)57(67-40-49-30-16-5-17-31-49)55(72-61)52(64-37-46-24-10-2-11-25-46)43-63-36-45-22-8-1-9-23-45/h1-35,52-62H,36-44H2/t52-,53-,54-,55+,56+,57+,58+,59-,60+,61+/m1/s1. The predicted octanol–water partition coefficient (Wildman–Crippen LogP) is 10.2. The smallest absolute Gasteiger partial charge is 0.187 e. The Morgan fingerprint density at radius 3 is 1.12 bits per heavy atom. The quantitative estimate of drug-likeness (QED) is 0.0560. The second-order valence-electron chi connectivity index (χ2n) is 18.0. The fraction of sp³-hybridized carbons (Fsp3) is 0.311. The first kappa shape index (κ1) is 51.0. The molecule has 0 saturated carbocycles. The van der Waals surface area contributed by atoms with Gasteiger partial charge in [-0.1, -0.05) is 212 Å². The Morgan fingerprint density at radius 1 is 0.347 bits per heavy atom. The Morgan fingerprint density at radius 2 is 0.694 bits per heavy atom. The third kappa shape index (κ3) is 14.8.